The smallest absolute Gasteiger partial charge is 0.320 e. The van der Waals surface area contributed by atoms with Gasteiger partial charge in [-0.1, -0.05) is 35.5 Å². The Bertz CT molecular complexity index is 1230. The van der Waals surface area contributed by atoms with Crippen molar-refractivity contribution in [2.75, 3.05) is 45.8 Å². The van der Waals surface area contributed by atoms with Crippen molar-refractivity contribution in [1.82, 2.24) is 45.2 Å². The van der Waals surface area contributed by atoms with Crippen LogP contribution in [0.25, 0.3) is 0 Å². The molecule has 0 aliphatic carbocycles. The molecule has 11 nitrogen and oxygen atoms in total. The van der Waals surface area contributed by atoms with Crippen molar-refractivity contribution in [2.45, 2.75) is 50.9 Å². The van der Waals surface area contributed by atoms with E-state index in [2.05, 4.69) is 66.8 Å². The van der Waals surface area contributed by atoms with Gasteiger partial charge in [0.15, 0.2) is 5.82 Å². The van der Waals surface area contributed by atoms with Gasteiger partial charge < -0.3 is 14.9 Å². The third-order valence-electron chi connectivity index (χ3n) is 8.30. The van der Waals surface area contributed by atoms with Crippen LogP contribution < -0.4 is 0 Å². The van der Waals surface area contributed by atoms with Crippen molar-refractivity contribution in [1.29, 1.82) is 0 Å². The average molecular weight is 532 g/mol. The van der Waals surface area contributed by atoms with Crippen molar-refractivity contribution >= 4 is 6.03 Å². The summed E-state index contributed by atoms with van der Waals surface area (Å²) in [5.74, 6) is 1.23. The van der Waals surface area contributed by atoms with E-state index in [1.54, 1.807) is 4.90 Å². The fourth-order valence-electron chi connectivity index (χ4n) is 6.11. The Morgan fingerprint density at radius 2 is 1.74 bits per heavy atom. The lowest BCUT2D eigenvalue weighted by Gasteiger charge is -2.31. The summed E-state index contributed by atoms with van der Waals surface area (Å²) in [4.78, 5) is 26.0. The van der Waals surface area contributed by atoms with Crippen LogP contribution >= 0.6 is 0 Å². The molecule has 0 spiro atoms. The Balaban J connectivity index is 0.947. The highest BCUT2D eigenvalue weighted by molar-refractivity contribution is 5.76. The van der Waals surface area contributed by atoms with Crippen molar-refractivity contribution in [3.63, 3.8) is 0 Å². The zero-order chi connectivity index (χ0) is 26.6. The number of nitrogens with one attached hydrogen (secondary N) is 1. The first-order chi connectivity index (χ1) is 19.1. The van der Waals surface area contributed by atoms with Gasteiger partial charge in [-0.15, -0.1) is 10.2 Å². The second-order valence-electron chi connectivity index (χ2n) is 11.0. The minimum atomic E-state index is -0.560. The number of pyridine rings is 1. The monoisotopic (exact) mass is 531 g/mol. The van der Waals surface area contributed by atoms with E-state index in [1.807, 2.05) is 11.1 Å². The third-order valence-corrected chi connectivity index (χ3v) is 8.30. The Morgan fingerprint density at radius 3 is 2.51 bits per heavy atom. The van der Waals surface area contributed by atoms with Crippen LogP contribution in [0.3, 0.4) is 0 Å². The number of aromatic amines is 1. The van der Waals surface area contributed by atoms with E-state index in [0.717, 1.165) is 63.5 Å². The van der Waals surface area contributed by atoms with Crippen LogP contribution in [0.15, 0.2) is 42.6 Å². The standard InChI is InChI=1S/C28H37N9O2/c38-26(18-35-12-9-21-3-1-2-4-24(21)16-35)19-37-14-13-36(28(37)39)17-25-6-5-23(15-29-25)22-7-10-34(11-8-22)20-27-30-32-33-31-27/h1-6,15,22,26,38H,7-14,16-20H2,(H,30,31,32,33). The number of amides is 2. The van der Waals surface area contributed by atoms with Crippen LogP contribution in [0.2, 0.25) is 0 Å². The Labute approximate surface area is 228 Å². The van der Waals surface area contributed by atoms with Crippen molar-refractivity contribution in [2.24, 2.45) is 0 Å². The Kier molecular flexibility index (Phi) is 7.80. The van der Waals surface area contributed by atoms with Gasteiger partial charge in [-0.2, -0.15) is 5.21 Å². The number of hydrogen-bond acceptors (Lipinski definition) is 8. The predicted molar refractivity (Wildman–Crippen MR) is 144 cm³/mol. The molecule has 1 atom stereocenters. The summed E-state index contributed by atoms with van der Waals surface area (Å²) in [5.41, 5.74) is 4.90. The molecule has 0 saturated carbocycles. The fourth-order valence-corrected chi connectivity index (χ4v) is 6.11. The molecule has 2 aromatic heterocycles. The van der Waals surface area contributed by atoms with Gasteiger partial charge >= 0.3 is 6.03 Å². The highest BCUT2D eigenvalue weighted by atomic mass is 16.3. The van der Waals surface area contributed by atoms with E-state index < -0.39 is 6.10 Å². The normalized spacial score (nSPS) is 20.0. The molecule has 39 heavy (non-hydrogen) atoms. The van der Waals surface area contributed by atoms with Crippen LogP contribution in [0.4, 0.5) is 4.79 Å². The Hall–Kier alpha value is -3.41. The molecule has 2 saturated heterocycles. The Morgan fingerprint density at radius 1 is 0.923 bits per heavy atom. The minimum Gasteiger partial charge on any atom is -0.390 e. The zero-order valence-electron chi connectivity index (χ0n) is 22.3. The summed E-state index contributed by atoms with van der Waals surface area (Å²) in [7, 11) is 0. The summed E-state index contributed by atoms with van der Waals surface area (Å²) >= 11 is 0. The van der Waals surface area contributed by atoms with E-state index in [0.29, 0.717) is 38.6 Å². The number of nitrogens with zero attached hydrogens (tertiary/aromatic N) is 8. The molecular weight excluding hydrogens is 494 g/mol. The fraction of sp³-hybridized carbons (Fsp3) is 0.536. The van der Waals surface area contributed by atoms with Gasteiger partial charge in [0.2, 0.25) is 0 Å². The first kappa shape index (κ1) is 25.8. The largest absolute Gasteiger partial charge is 0.390 e. The molecule has 0 bridgehead atoms. The number of rotatable bonds is 9. The lowest BCUT2D eigenvalue weighted by Crippen LogP contribution is -2.43. The summed E-state index contributed by atoms with van der Waals surface area (Å²) in [5, 5.41) is 25.0. The van der Waals surface area contributed by atoms with Crippen molar-refractivity contribution in [3.8, 4) is 0 Å². The van der Waals surface area contributed by atoms with Crippen LogP contribution in [-0.2, 0) is 26.1 Å². The number of aromatic nitrogens is 5. The maximum Gasteiger partial charge on any atom is 0.320 e. The van der Waals surface area contributed by atoms with Gasteiger partial charge in [0.1, 0.15) is 0 Å². The highest BCUT2D eigenvalue weighted by Gasteiger charge is 2.31. The molecule has 3 aromatic rings. The number of aliphatic hydroxyl groups is 1. The number of H-pyrrole nitrogens is 1. The number of tetrazole rings is 1. The molecule has 1 unspecified atom stereocenters. The summed E-state index contributed by atoms with van der Waals surface area (Å²) in [6, 6.07) is 12.7. The molecule has 3 aliphatic rings. The van der Waals surface area contributed by atoms with E-state index in [-0.39, 0.29) is 6.03 Å². The lowest BCUT2D eigenvalue weighted by atomic mass is 9.90. The quantitative estimate of drug-likeness (QED) is 0.428. The SMILES string of the molecule is O=C1N(Cc2ccc(C3CCN(Cc4nn[nH]n4)CC3)cn2)CCN1CC(O)CN1CCc2ccccc2C1. The number of likely N-dealkylation sites (tertiary alicyclic amines) is 1. The van der Waals surface area contributed by atoms with Crippen LogP contribution in [0.5, 0.6) is 0 Å². The molecule has 3 aliphatic heterocycles. The second-order valence-corrected chi connectivity index (χ2v) is 11.0. The number of urea groups is 1. The molecule has 5 heterocycles. The van der Waals surface area contributed by atoms with E-state index >= 15 is 0 Å². The zero-order valence-corrected chi connectivity index (χ0v) is 22.3. The number of carbonyl (C=O) groups is 1. The molecule has 2 fully saturated rings. The number of aliphatic hydroxyl groups excluding tert-OH is 1. The first-order valence-corrected chi connectivity index (χ1v) is 14.0. The van der Waals surface area contributed by atoms with E-state index in [9.17, 15) is 9.90 Å². The predicted octanol–water partition coefficient (Wildman–Crippen LogP) is 1.63. The summed E-state index contributed by atoms with van der Waals surface area (Å²) < 4.78 is 0. The molecular formula is C28H37N9O2. The number of benzene rings is 1. The van der Waals surface area contributed by atoms with Gasteiger partial charge in [-0.05, 0) is 61.0 Å². The molecule has 2 amide bonds. The molecule has 11 heteroatoms. The number of carbonyl (C=O) groups excluding carboxylic acids is 1. The number of hydrogen-bond donors (Lipinski definition) is 2. The van der Waals surface area contributed by atoms with Gasteiger partial charge in [0.05, 0.1) is 24.9 Å². The first-order valence-electron chi connectivity index (χ1n) is 14.0. The topological polar surface area (TPSA) is 118 Å². The molecule has 206 valence electrons. The molecule has 6 rings (SSSR count). The van der Waals surface area contributed by atoms with E-state index in [1.165, 1.54) is 16.7 Å². The van der Waals surface area contributed by atoms with Gasteiger partial charge in [-0.3, -0.25) is 14.8 Å². The van der Waals surface area contributed by atoms with Gasteiger partial charge in [0, 0.05) is 45.5 Å². The van der Waals surface area contributed by atoms with Crippen molar-refractivity contribution < 1.29 is 9.90 Å². The van der Waals surface area contributed by atoms with Crippen LogP contribution in [0.1, 0.15) is 47.0 Å². The molecule has 0 radical (unpaired) electrons. The third kappa shape index (κ3) is 6.26. The highest BCUT2D eigenvalue weighted by Crippen LogP contribution is 2.28. The second kappa shape index (κ2) is 11.8. The maximum absolute atomic E-state index is 13.0. The average Bonchev–Trinajstić information content (AvgIpc) is 3.59. The van der Waals surface area contributed by atoms with Crippen LogP contribution in [0, 0.1) is 0 Å². The van der Waals surface area contributed by atoms with Gasteiger partial charge in [-0.25, -0.2) is 4.79 Å². The van der Waals surface area contributed by atoms with E-state index in [4.69, 9.17) is 4.98 Å². The van der Waals surface area contributed by atoms with Crippen molar-refractivity contribution in [3.05, 3.63) is 70.8 Å². The number of fused-ring (bicyclic) bond motifs is 1. The number of piperidine rings is 1. The lowest BCUT2D eigenvalue weighted by molar-refractivity contribution is 0.0812. The minimum absolute atomic E-state index is 0.0158. The van der Waals surface area contributed by atoms with Gasteiger partial charge in [0.25, 0.3) is 0 Å². The molecule has 1 aromatic carbocycles. The summed E-state index contributed by atoms with van der Waals surface area (Å²) in [6.07, 6.45) is 4.57. The molecule has 2 N–H and O–H groups in total. The summed E-state index contributed by atoms with van der Waals surface area (Å²) in [6.45, 7) is 7.25. The maximum atomic E-state index is 13.0. The number of β-amino-alcohol motifs (C(OH)–C–C–N with tert-alkyl or cyclic N) is 1. The van der Waals surface area contributed by atoms with Crippen LogP contribution in [-0.4, -0.2) is 108 Å².